The average molecular weight is 349 g/mol. The second-order valence-electron chi connectivity index (χ2n) is 5.38. The summed E-state index contributed by atoms with van der Waals surface area (Å²) in [5, 5.41) is 2.81. The number of carbonyl (C=O) groups excluding carboxylic acids is 1. The van der Waals surface area contributed by atoms with E-state index in [1.165, 1.54) is 18.2 Å². The summed E-state index contributed by atoms with van der Waals surface area (Å²) in [5.41, 5.74) is 0. The van der Waals surface area contributed by atoms with Crippen molar-refractivity contribution in [1.29, 1.82) is 0 Å². The second kappa shape index (κ2) is 7.80. The van der Waals surface area contributed by atoms with Crippen molar-refractivity contribution in [3.63, 3.8) is 0 Å². The number of hydrogen-bond acceptors (Lipinski definition) is 4. The number of hydrogen-bond donors (Lipinski definition) is 2. The number of carbonyl (C=O) groups is 1. The van der Waals surface area contributed by atoms with Crippen LogP contribution in [0.1, 0.15) is 27.7 Å². The van der Waals surface area contributed by atoms with Gasteiger partial charge in [-0.15, -0.1) is 0 Å². The zero-order valence-corrected chi connectivity index (χ0v) is 14.6. The van der Waals surface area contributed by atoms with E-state index < -0.39 is 10.0 Å². The first kappa shape index (κ1) is 18.7. The first-order valence-electron chi connectivity index (χ1n) is 6.86. The first-order valence-corrected chi connectivity index (χ1v) is 8.72. The highest BCUT2D eigenvalue weighted by Crippen LogP contribution is 2.27. The minimum atomic E-state index is -3.62. The molecule has 0 saturated heterocycles. The smallest absolute Gasteiger partial charge is 0.258 e. The highest BCUT2D eigenvalue weighted by molar-refractivity contribution is 7.89. The maximum Gasteiger partial charge on any atom is 0.258 e. The van der Waals surface area contributed by atoms with E-state index in [-0.39, 0.29) is 40.3 Å². The van der Waals surface area contributed by atoms with Gasteiger partial charge in [-0.2, -0.15) is 0 Å². The molecule has 0 aliphatic rings. The Morgan fingerprint density at radius 3 is 2.36 bits per heavy atom. The van der Waals surface area contributed by atoms with Gasteiger partial charge in [0, 0.05) is 12.1 Å². The van der Waals surface area contributed by atoms with Gasteiger partial charge < -0.3 is 10.1 Å². The zero-order chi connectivity index (χ0) is 16.9. The molecule has 0 aromatic heterocycles. The van der Waals surface area contributed by atoms with Crippen LogP contribution in [0.15, 0.2) is 23.1 Å². The van der Waals surface area contributed by atoms with E-state index in [0.717, 1.165) is 0 Å². The minimum Gasteiger partial charge on any atom is -0.482 e. The van der Waals surface area contributed by atoms with Gasteiger partial charge in [0.05, 0.1) is 9.92 Å². The Hall–Kier alpha value is -1.31. The maximum absolute atomic E-state index is 12.0. The molecule has 1 aromatic carbocycles. The number of nitrogens with one attached hydrogen (secondary N) is 2. The molecule has 6 nitrogen and oxygen atoms in total. The van der Waals surface area contributed by atoms with E-state index in [1.54, 1.807) is 13.8 Å². The molecule has 0 fully saturated rings. The summed E-state index contributed by atoms with van der Waals surface area (Å²) in [4.78, 5) is 11.5. The van der Waals surface area contributed by atoms with Gasteiger partial charge in [0.15, 0.2) is 6.61 Å². The van der Waals surface area contributed by atoms with E-state index in [1.807, 2.05) is 13.8 Å². The number of ether oxygens (including phenoxy) is 1. The lowest BCUT2D eigenvalue weighted by Crippen LogP contribution is -2.34. The maximum atomic E-state index is 12.0. The van der Waals surface area contributed by atoms with Crippen LogP contribution in [-0.4, -0.2) is 33.0 Å². The molecule has 0 spiro atoms. The zero-order valence-electron chi connectivity index (χ0n) is 13.0. The topological polar surface area (TPSA) is 84.5 Å². The van der Waals surface area contributed by atoms with Gasteiger partial charge in [-0.05, 0) is 45.9 Å². The molecule has 0 bridgehead atoms. The van der Waals surface area contributed by atoms with Crippen molar-refractivity contribution in [2.24, 2.45) is 0 Å². The van der Waals surface area contributed by atoms with Crippen LogP contribution in [-0.2, 0) is 14.8 Å². The Bertz CT molecular complexity index is 630. The quantitative estimate of drug-likeness (QED) is 0.788. The molecule has 1 aromatic rings. The van der Waals surface area contributed by atoms with Gasteiger partial charge in [0.1, 0.15) is 5.75 Å². The highest BCUT2D eigenvalue weighted by atomic mass is 35.5. The summed E-state index contributed by atoms with van der Waals surface area (Å²) < 4.78 is 31.8. The van der Waals surface area contributed by atoms with E-state index in [9.17, 15) is 13.2 Å². The summed E-state index contributed by atoms with van der Waals surface area (Å²) >= 11 is 6.01. The molecule has 0 unspecified atom stereocenters. The molecule has 1 rings (SSSR count). The van der Waals surface area contributed by atoms with Crippen LogP contribution in [0.2, 0.25) is 5.02 Å². The Morgan fingerprint density at radius 2 is 1.86 bits per heavy atom. The van der Waals surface area contributed by atoms with E-state index in [4.69, 9.17) is 16.3 Å². The lowest BCUT2D eigenvalue weighted by atomic mass is 10.3. The van der Waals surface area contributed by atoms with Crippen LogP contribution in [0.4, 0.5) is 0 Å². The monoisotopic (exact) mass is 348 g/mol. The average Bonchev–Trinajstić information content (AvgIpc) is 2.34. The standard InChI is InChI=1S/C14H21ClN2O4S/c1-9(2)16-14(18)8-21-13-6-5-11(7-12(13)15)22(19,20)17-10(3)4/h5-7,9-10,17H,8H2,1-4H3,(H,16,18). The van der Waals surface area contributed by atoms with Gasteiger partial charge in [-0.1, -0.05) is 11.6 Å². The van der Waals surface area contributed by atoms with Crippen molar-refractivity contribution in [1.82, 2.24) is 10.0 Å². The fourth-order valence-corrected chi connectivity index (χ4v) is 3.23. The molecule has 22 heavy (non-hydrogen) atoms. The number of amides is 1. The molecule has 2 N–H and O–H groups in total. The van der Waals surface area contributed by atoms with E-state index in [2.05, 4.69) is 10.0 Å². The molecule has 0 aliphatic carbocycles. The number of sulfonamides is 1. The molecule has 0 atom stereocenters. The van der Waals surface area contributed by atoms with Gasteiger partial charge in [0.25, 0.3) is 5.91 Å². The molecular weight excluding hydrogens is 328 g/mol. The van der Waals surface area contributed by atoms with Crippen LogP contribution >= 0.6 is 11.6 Å². The van der Waals surface area contributed by atoms with E-state index >= 15 is 0 Å². The second-order valence-corrected chi connectivity index (χ2v) is 7.50. The molecule has 0 saturated carbocycles. The van der Waals surface area contributed by atoms with Gasteiger partial charge >= 0.3 is 0 Å². The third kappa shape index (κ3) is 5.82. The highest BCUT2D eigenvalue weighted by Gasteiger charge is 2.17. The summed E-state index contributed by atoms with van der Waals surface area (Å²) in [5.74, 6) is -0.0201. The Balaban J connectivity index is 2.80. The predicted molar refractivity (Wildman–Crippen MR) is 85.7 cm³/mol. The fourth-order valence-electron chi connectivity index (χ4n) is 1.65. The number of benzene rings is 1. The third-order valence-corrected chi connectivity index (χ3v) is 4.36. The lowest BCUT2D eigenvalue weighted by molar-refractivity contribution is -0.123. The van der Waals surface area contributed by atoms with Gasteiger partial charge in [-0.3, -0.25) is 4.79 Å². The van der Waals surface area contributed by atoms with Crippen molar-refractivity contribution in [2.45, 2.75) is 44.7 Å². The summed E-state index contributed by atoms with van der Waals surface area (Å²) in [6.07, 6.45) is 0. The minimum absolute atomic E-state index is 0.0150. The number of rotatable bonds is 7. The molecule has 1 amide bonds. The van der Waals surface area contributed by atoms with Gasteiger partial charge in [0.2, 0.25) is 10.0 Å². The Kier molecular flexibility index (Phi) is 6.65. The van der Waals surface area contributed by atoms with Crippen molar-refractivity contribution < 1.29 is 17.9 Å². The van der Waals surface area contributed by atoms with Crippen LogP contribution in [0.25, 0.3) is 0 Å². The number of halogens is 1. The van der Waals surface area contributed by atoms with E-state index in [0.29, 0.717) is 0 Å². The van der Waals surface area contributed by atoms with Crippen LogP contribution in [0.3, 0.4) is 0 Å². The van der Waals surface area contributed by atoms with Crippen molar-refractivity contribution in [3.05, 3.63) is 23.2 Å². The van der Waals surface area contributed by atoms with Crippen molar-refractivity contribution in [3.8, 4) is 5.75 Å². The normalized spacial score (nSPS) is 11.8. The van der Waals surface area contributed by atoms with Crippen LogP contribution < -0.4 is 14.8 Å². The Morgan fingerprint density at radius 1 is 1.23 bits per heavy atom. The SMILES string of the molecule is CC(C)NC(=O)COc1ccc(S(=O)(=O)NC(C)C)cc1Cl. The first-order chi connectivity index (χ1) is 10.1. The van der Waals surface area contributed by atoms with Crippen LogP contribution in [0, 0.1) is 0 Å². The fraction of sp³-hybridized carbons (Fsp3) is 0.500. The van der Waals surface area contributed by atoms with Crippen molar-refractivity contribution >= 4 is 27.5 Å². The predicted octanol–water partition coefficient (Wildman–Crippen LogP) is 1.93. The third-order valence-electron chi connectivity index (χ3n) is 2.41. The summed E-state index contributed by atoms with van der Waals surface area (Å²) in [6.45, 7) is 6.95. The summed E-state index contributed by atoms with van der Waals surface area (Å²) in [7, 11) is -3.62. The van der Waals surface area contributed by atoms with Gasteiger partial charge in [-0.25, -0.2) is 13.1 Å². The van der Waals surface area contributed by atoms with Crippen LogP contribution in [0.5, 0.6) is 5.75 Å². The Labute approximate surface area is 136 Å². The van der Waals surface area contributed by atoms with Crippen molar-refractivity contribution in [2.75, 3.05) is 6.61 Å². The summed E-state index contributed by atoms with van der Waals surface area (Å²) in [6, 6.07) is 3.90. The lowest BCUT2D eigenvalue weighted by Gasteiger charge is -2.13. The molecule has 0 radical (unpaired) electrons. The largest absolute Gasteiger partial charge is 0.482 e. The molecule has 124 valence electrons. The molecule has 0 aliphatic heterocycles. The molecule has 0 heterocycles. The molecular formula is C14H21ClN2O4S. The molecule has 8 heteroatoms.